The molecule has 0 aliphatic carbocycles. The lowest BCUT2D eigenvalue weighted by molar-refractivity contribution is 0.0590. The van der Waals surface area contributed by atoms with Crippen molar-refractivity contribution in [1.82, 2.24) is 4.98 Å². The van der Waals surface area contributed by atoms with Crippen LogP contribution in [0.15, 0.2) is 34.0 Å². The molecule has 1 aromatic heterocycles. The fraction of sp³-hybridized carbons (Fsp3) is 0.167. The van der Waals surface area contributed by atoms with Gasteiger partial charge in [-0.2, -0.15) is 0 Å². The molecule has 0 atom stereocenters. The summed E-state index contributed by atoms with van der Waals surface area (Å²) >= 11 is 0.823. The fourth-order valence-electron chi connectivity index (χ4n) is 1.60. The van der Waals surface area contributed by atoms with E-state index >= 15 is 0 Å². The SMILES string of the molecule is COC(=O)c1ncsc1S(=O)(=O)N(C)c1cccc(O)c1. The molecule has 0 radical (unpaired) electrons. The van der Waals surface area contributed by atoms with Gasteiger partial charge in [0.2, 0.25) is 0 Å². The number of hydrogen-bond acceptors (Lipinski definition) is 7. The zero-order valence-electron chi connectivity index (χ0n) is 11.2. The minimum Gasteiger partial charge on any atom is -0.508 e. The Morgan fingerprint density at radius 3 is 2.76 bits per heavy atom. The number of anilines is 1. The highest BCUT2D eigenvalue weighted by Gasteiger charge is 2.30. The van der Waals surface area contributed by atoms with Crippen molar-refractivity contribution in [2.24, 2.45) is 0 Å². The number of methoxy groups -OCH3 is 1. The first-order chi connectivity index (χ1) is 9.87. The third-order valence-electron chi connectivity index (χ3n) is 2.70. The number of aromatic nitrogens is 1. The number of carbonyl (C=O) groups excluding carboxylic acids is 1. The number of carbonyl (C=O) groups is 1. The first-order valence-corrected chi connectivity index (χ1v) is 7.99. The van der Waals surface area contributed by atoms with E-state index < -0.39 is 16.0 Å². The van der Waals surface area contributed by atoms with Crippen LogP contribution in [-0.4, -0.2) is 38.6 Å². The van der Waals surface area contributed by atoms with Crippen molar-refractivity contribution in [2.45, 2.75) is 4.21 Å². The van der Waals surface area contributed by atoms with Crippen LogP contribution in [-0.2, 0) is 14.8 Å². The van der Waals surface area contributed by atoms with Crippen LogP contribution in [0.25, 0.3) is 0 Å². The molecular weight excluding hydrogens is 316 g/mol. The van der Waals surface area contributed by atoms with Crippen molar-refractivity contribution >= 4 is 33.0 Å². The van der Waals surface area contributed by atoms with Crippen LogP contribution in [0.5, 0.6) is 5.75 Å². The van der Waals surface area contributed by atoms with E-state index in [1.807, 2.05) is 0 Å². The summed E-state index contributed by atoms with van der Waals surface area (Å²) in [5.74, 6) is -0.883. The molecular formula is C12H12N2O5S2. The average molecular weight is 328 g/mol. The minimum atomic E-state index is -3.97. The van der Waals surface area contributed by atoms with Crippen molar-refractivity contribution in [1.29, 1.82) is 0 Å². The Kier molecular flexibility index (Phi) is 4.14. The molecule has 0 unspecified atom stereocenters. The largest absolute Gasteiger partial charge is 0.508 e. The highest BCUT2D eigenvalue weighted by atomic mass is 32.2. The van der Waals surface area contributed by atoms with Crippen LogP contribution in [0.2, 0.25) is 0 Å². The molecule has 21 heavy (non-hydrogen) atoms. The van der Waals surface area contributed by atoms with Gasteiger partial charge in [0.05, 0.1) is 18.3 Å². The molecule has 0 aliphatic rings. The smallest absolute Gasteiger partial charge is 0.358 e. The van der Waals surface area contributed by atoms with E-state index in [-0.39, 0.29) is 21.3 Å². The van der Waals surface area contributed by atoms with Crippen LogP contribution < -0.4 is 4.31 Å². The van der Waals surface area contributed by atoms with Crippen molar-refractivity contribution < 1.29 is 23.1 Å². The zero-order valence-corrected chi connectivity index (χ0v) is 12.8. The number of thiazole rings is 1. The molecule has 0 bridgehead atoms. The quantitative estimate of drug-likeness (QED) is 0.854. The number of sulfonamides is 1. The normalized spacial score (nSPS) is 11.1. The third kappa shape index (κ3) is 2.83. The number of benzene rings is 1. The molecule has 2 rings (SSSR count). The second kappa shape index (κ2) is 5.70. The molecule has 0 aliphatic heterocycles. The van der Waals surface area contributed by atoms with Gasteiger partial charge in [-0.3, -0.25) is 4.31 Å². The van der Waals surface area contributed by atoms with Crippen LogP contribution in [0, 0.1) is 0 Å². The maximum atomic E-state index is 12.6. The summed E-state index contributed by atoms with van der Waals surface area (Å²) in [5.41, 5.74) is 1.27. The Hall–Kier alpha value is -2.13. The number of ether oxygens (including phenoxy) is 1. The Bertz CT molecular complexity index is 769. The van der Waals surface area contributed by atoms with E-state index in [9.17, 15) is 18.3 Å². The molecule has 2 aromatic rings. The van der Waals surface area contributed by atoms with Crippen molar-refractivity contribution in [3.8, 4) is 5.75 Å². The second-order valence-electron chi connectivity index (χ2n) is 3.97. The maximum Gasteiger partial charge on any atom is 0.358 e. The molecule has 0 fully saturated rings. The van der Waals surface area contributed by atoms with Gasteiger partial charge in [0.25, 0.3) is 10.0 Å². The summed E-state index contributed by atoms with van der Waals surface area (Å²) in [6, 6.07) is 5.77. The summed E-state index contributed by atoms with van der Waals surface area (Å²) in [5, 5.41) is 9.43. The van der Waals surface area contributed by atoms with Gasteiger partial charge in [-0.1, -0.05) is 6.07 Å². The van der Waals surface area contributed by atoms with Crippen LogP contribution >= 0.6 is 11.3 Å². The van der Waals surface area contributed by atoms with E-state index in [1.54, 1.807) is 0 Å². The Labute approximate surface area is 125 Å². The van der Waals surface area contributed by atoms with Gasteiger partial charge >= 0.3 is 5.97 Å². The molecule has 0 saturated carbocycles. The number of nitrogens with zero attached hydrogens (tertiary/aromatic N) is 2. The summed E-state index contributed by atoms with van der Waals surface area (Å²) < 4.78 is 30.4. The van der Waals surface area contributed by atoms with Gasteiger partial charge in [-0.05, 0) is 12.1 Å². The zero-order chi connectivity index (χ0) is 15.6. The van der Waals surface area contributed by atoms with E-state index in [0.717, 1.165) is 22.8 Å². The number of aromatic hydroxyl groups is 1. The molecule has 1 heterocycles. The van der Waals surface area contributed by atoms with Gasteiger partial charge < -0.3 is 9.84 Å². The number of rotatable bonds is 4. The molecule has 1 aromatic carbocycles. The first-order valence-electron chi connectivity index (χ1n) is 5.67. The van der Waals surface area contributed by atoms with Crippen molar-refractivity contribution in [2.75, 3.05) is 18.5 Å². The lowest BCUT2D eigenvalue weighted by atomic mass is 10.3. The predicted molar refractivity (Wildman–Crippen MR) is 77.1 cm³/mol. The Morgan fingerprint density at radius 1 is 1.43 bits per heavy atom. The van der Waals surface area contributed by atoms with Crippen molar-refractivity contribution in [3.63, 3.8) is 0 Å². The van der Waals surface area contributed by atoms with Gasteiger partial charge in [-0.15, -0.1) is 11.3 Å². The monoisotopic (exact) mass is 328 g/mol. The fourth-order valence-corrected chi connectivity index (χ4v) is 4.08. The highest BCUT2D eigenvalue weighted by molar-refractivity contribution is 7.94. The number of hydrogen-bond donors (Lipinski definition) is 1. The van der Waals surface area contributed by atoms with Crippen molar-refractivity contribution in [3.05, 3.63) is 35.5 Å². The Balaban J connectivity index is 2.48. The summed E-state index contributed by atoms with van der Waals surface area (Å²) in [7, 11) is -1.50. The lowest BCUT2D eigenvalue weighted by Gasteiger charge is -2.18. The van der Waals surface area contributed by atoms with Crippen LogP contribution in [0.1, 0.15) is 10.5 Å². The summed E-state index contributed by atoms with van der Waals surface area (Å²) in [6.45, 7) is 0. The standard InChI is InChI=1S/C12H12N2O5S2/c1-14(8-4-3-5-9(15)6-8)21(17,18)12-10(11(16)19-2)13-7-20-12/h3-7,15H,1-2H3. The van der Waals surface area contributed by atoms with E-state index in [0.29, 0.717) is 0 Å². The molecule has 1 N–H and O–H groups in total. The molecule has 9 heteroatoms. The predicted octanol–water partition coefficient (Wildman–Crippen LogP) is 1.46. The van der Waals surface area contributed by atoms with Gasteiger partial charge in [-0.25, -0.2) is 18.2 Å². The number of phenolic OH excluding ortho intramolecular Hbond substituents is 1. The molecule has 0 amide bonds. The van der Waals surface area contributed by atoms with Crippen LogP contribution in [0.3, 0.4) is 0 Å². The van der Waals surface area contributed by atoms with E-state index in [4.69, 9.17) is 0 Å². The number of esters is 1. The van der Waals surface area contributed by atoms with Crippen LogP contribution in [0.4, 0.5) is 5.69 Å². The molecule has 0 saturated heterocycles. The topological polar surface area (TPSA) is 96.8 Å². The van der Waals surface area contributed by atoms with Gasteiger partial charge in [0.1, 0.15) is 5.75 Å². The van der Waals surface area contributed by atoms with E-state index in [1.165, 1.54) is 36.8 Å². The second-order valence-corrected chi connectivity index (χ2v) is 6.99. The average Bonchev–Trinajstić information content (AvgIpc) is 2.95. The lowest BCUT2D eigenvalue weighted by Crippen LogP contribution is -2.27. The minimum absolute atomic E-state index is 0.0629. The number of phenols is 1. The first kappa shape index (κ1) is 15.3. The maximum absolute atomic E-state index is 12.6. The molecule has 112 valence electrons. The highest BCUT2D eigenvalue weighted by Crippen LogP contribution is 2.29. The molecule has 7 nitrogen and oxygen atoms in total. The summed E-state index contributed by atoms with van der Waals surface area (Å²) in [6.07, 6.45) is 0. The van der Waals surface area contributed by atoms with Gasteiger partial charge in [0.15, 0.2) is 9.90 Å². The van der Waals surface area contributed by atoms with E-state index in [2.05, 4.69) is 9.72 Å². The molecule has 0 spiro atoms. The Morgan fingerprint density at radius 2 is 2.14 bits per heavy atom. The summed E-state index contributed by atoms with van der Waals surface area (Å²) in [4.78, 5) is 15.3. The third-order valence-corrected chi connectivity index (χ3v) is 5.83. The van der Waals surface area contributed by atoms with Gasteiger partial charge in [0, 0.05) is 13.1 Å².